The van der Waals surface area contributed by atoms with Crippen molar-refractivity contribution in [2.75, 3.05) is 38.6 Å². The maximum Gasteiger partial charge on any atom is 0.335 e. The fourth-order valence-corrected chi connectivity index (χ4v) is 11.7. The summed E-state index contributed by atoms with van der Waals surface area (Å²) in [7, 11) is 1.50. The number of rotatable bonds is 4. The van der Waals surface area contributed by atoms with Crippen molar-refractivity contribution in [2.45, 2.75) is 75.9 Å². The molecule has 3 aromatic rings. The fraction of sp³-hybridized carbons (Fsp3) is 0.475. The minimum atomic E-state index is -0.335. The van der Waals surface area contributed by atoms with Crippen LogP contribution in [0.15, 0.2) is 71.5 Å². The quantitative estimate of drug-likeness (QED) is 0.247. The zero-order valence-corrected chi connectivity index (χ0v) is 27.7. The lowest BCUT2D eigenvalue weighted by atomic mass is 9.60. The van der Waals surface area contributed by atoms with Gasteiger partial charge in [0.2, 0.25) is 0 Å². The number of ether oxygens (including phenoxy) is 1. The molecule has 242 valence electrons. The molecule has 1 saturated heterocycles. The molecule has 1 aromatic heterocycles. The molecule has 2 aromatic carbocycles. The Morgan fingerprint density at radius 3 is 2.83 bits per heavy atom. The molecule has 0 bridgehead atoms. The van der Waals surface area contributed by atoms with Crippen LogP contribution in [0, 0.1) is 11.3 Å². The van der Waals surface area contributed by atoms with E-state index in [2.05, 4.69) is 82.1 Å². The number of methoxy groups -OCH3 is 1. The second kappa shape index (κ2) is 9.64. The summed E-state index contributed by atoms with van der Waals surface area (Å²) in [6, 6.07) is 13.9. The maximum absolute atomic E-state index is 13.5. The van der Waals surface area contributed by atoms with Crippen molar-refractivity contribution in [3.8, 4) is 5.75 Å². The minimum Gasteiger partial charge on any atom is -0.508 e. The summed E-state index contributed by atoms with van der Waals surface area (Å²) in [6.45, 7) is 8.64. The molecule has 1 fully saturated rings. The summed E-state index contributed by atoms with van der Waals surface area (Å²) in [6.07, 6.45) is 13.0. The number of aromatic hydroxyl groups is 1. The van der Waals surface area contributed by atoms with E-state index in [4.69, 9.17) is 4.74 Å². The number of aromatic nitrogens is 1. The van der Waals surface area contributed by atoms with E-state index in [1.807, 2.05) is 6.07 Å². The van der Waals surface area contributed by atoms with Gasteiger partial charge in [-0.05, 0) is 61.8 Å². The number of anilines is 1. The first-order valence-corrected chi connectivity index (χ1v) is 17.9. The Hall–Kier alpha value is -3.81. The largest absolute Gasteiger partial charge is 0.508 e. The van der Waals surface area contributed by atoms with Gasteiger partial charge in [0.05, 0.1) is 30.2 Å². The normalized spacial score (nSPS) is 33.2. The highest BCUT2D eigenvalue weighted by Crippen LogP contribution is 2.64. The van der Waals surface area contributed by atoms with Crippen LogP contribution in [0.2, 0.25) is 0 Å². The van der Waals surface area contributed by atoms with Gasteiger partial charge in [-0.3, -0.25) is 9.80 Å². The molecular formula is C40H44N4O3. The Morgan fingerprint density at radius 1 is 1.13 bits per heavy atom. The van der Waals surface area contributed by atoms with Crippen LogP contribution in [0.3, 0.4) is 0 Å². The van der Waals surface area contributed by atoms with E-state index in [0.717, 1.165) is 80.8 Å². The van der Waals surface area contributed by atoms with Gasteiger partial charge in [-0.15, -0.1) is 0 Å². The molecule has 1 aliphatic carbocycles. The molecule has 6 aliphatic heterocycles. The van der Waals surface area contributed by atoms with Gasteiger partial charge in [0.25, 0.3) is 0 Å². The molecule has 7 nitrogen and oxygen atoms in total. The first kappa shape index (κ1) is 28.2. The molecule has 7 aliphatic rings. The van der Waals surface area contributed by atoms with E-state index in [-0.39, 0.29) is 34.8 Å². The van der Waals surface area contributed by atoms with E-state index in [1.54, 1.807) is 0 Å². The molecule has 10 rings (SSSR count). The molecule has 7 heterocycles. The van der Waals surface area contributed by atoms with Crippen LogP contribution in [0.5, 0.6) is 5.75 Å². The number of nitrogens with zero attached hydrogens (tertiary/aromatic N) is 3. The minimum absolute atomic E-state index is 0.00213. The summed E-state index contributed by atoms with van der Waals surface area (Å²) >= 11 is 0. The summed E-state index contributed by atoms with van der Waals surface area (Å²) in [4.78, 5) is 18.8. The van der Waals surface area contributed by atoms with Crippen LogP contribution < -0.4 is 5.32 Å². The number of esters is 1. The van der Waals surface area contributed by atoms with Crippen LogP contribution in [0.25, 0.3) is 10.9 Å². The summed E-state index contributed by atoms with van der Waals surface area (Å²) in [5.74, 6) is 0.380. The van der Waals surface area contributed by atoms with Crippen molar-refractivity contribution in [2.24, 2.45) is 11.3 Å². The highest BCUT2D eigenvalue weighted by atomic mass is 16.5. The molecule has 6 atom stereocenters. The SMILES string of the molecule is CCC1=CCN2CCC34C(=C(C(=O)OC)CC1C23)Nc1cc(O)c(C2CC3(CC)C=CCN5CCc6c(n2c2ccccc62)C53)cc14. The first-order chi connectivity index (χ1) is 22.9. The molecule has 0 radical (unpaired) electrons. The van der Waals surface area contributed by atoms with Crippen LogP contribution in [-0.2, 0) is 21.4 Å². The van der Waals surface area contributed by atoms with E-state index in [0.29, 0.717) is 18.2 Å². The van der Waals surface area contributed by atoms with E-state index >= 15 is 0 Å². The number of fused-ring (bicyclic) bond motifs is 4. The molecule has 7 heteroatoms. The number of carbonyl (C=O) groups excluding carboxylic acids is 1. The van der Waals surface area contributed by atoms with E-state index in [1.165, 1.54) is 40.4 Å². The zero-order chi connectivity index (χ0) is 31.8. The average molecular weight is 629 g/mol. The van der Waals surface area contributed by atoms with Crippen LogP contribution in [0.4, 0.5) is 5.69 Å². The van der Waals surface area contributed by atoms with Crippen molar-refractivity contribution in [3.63, 3.8) is 0 Å². The van der Waals surface area contributed by atoms with E-state index in [9.17, 15) is 9.90 Å². The Labute approximate surface area is 276 Å². The predicted molar refractivity (Wildman–Crippen MR) is 183 cm³/mol. The predicted octanol–water partition coefficient (Wildman–Crippen LogP) is 6.74. The summed E-state index contributed by atoms with van der Waals surface area (Å²) in [5, 5.41) is 17.2. The monoisotopic (exact) mass is 628 g/mol. The Bertz CT molecular complexity index is 1990. The van der Waals surface area contributed by atoms with Gasteiger partial charge in [-0.25, -0.2) is 4.79 Å². The maximum atomic E-state index is 13.5. The number of para-hydroxylation sites is 1. The summed E-state index contributed by atoms with van der Waals surface area (Å²) in [5.41, 5.74) is 10.3. The van der Waals surface area contributed by atoms with Crippen LogP contribution in [-0.4, -0.2) is 64.8 Å². The van der Waals surface area contributed by atoms with Gasteiger partial charge >= 0.3 is 5.97 Å². The number of phenols is 1. The van der Waals surface area contributed by atoms with Gasteiger partial charge in [-0.2, -0.15) is 0 Å². The van der Waals surface area contributed by atoms with Crippen LogP contribution >= 0.6 is 0 Å². The van der Waals surface area contributed by atoms with Crippen molar-refractivity contribution < 1.29 is 14.6 Å². The third-order valence-electron chi connectivity index (χ3n) is 13.6. The first-order valence-electron chi connectivity index (χ1n) is 17.9. The number of nitrogens with one attached hydrogen (secondary N) is 1. The number of phenolic OH excluding ortho intramolecular Hbond substituents is 1. The molecule has 47 heavy (non-hydrogen) atoms. The number of hydrogen-bond acceptors (Lipinski definition) is 6. The topological polar surface area (TPSA) is 70.0 Å². The highest BCUT2D eigenvalue weighted by Gasteiger charge is 2.62. The summed E-state index contributed by atoms with van der Waals surface area (Å²) < 4.78 is 8.05. The number of carbonyl (C=O) groups is 1. The lowest BCUT2D eigenvalue weighted by Crippen LogP contribution is -2.53. The molecule has 0 saturated carbocycles. The Morgan fingerprint density at radius 2 is 2.00 bits per heavy atom. The molecule has 1 spiro atoms. The van der Waals surface area contributed by atoms with Crippen molar-refractivity contribution in [1.82, 2.24) is 14.4 Å². The van der Waals surface area contributed by atoms with Crippen molar-refractivity contribution in [1.29, 1.82) is 0 Å². The van der Waals surface area contributed by atoms with Gasteiger partial charge in [0.1, 0.15) is 5.75 Å². The standard InChI is InChI=1S/C40H44N4O3/c1-4-23-11-16-43-18-14-40-29-20-27(33(45)21-30(29)41-35(40)28(38(46)47-3)19-26(23)36(40)43)32-22-39(5-2)13-8-15-42-17-12-25-24-9-6-7-10-31(24)44(32)34(25)37(39)42/h6-11,13,20-21,26,32,36-37,41,45H,4-5,12,14-19,22H2,1-3H3. The smallest absolute Gasteiger partial charge is 0.335 e. The third kappa shape index (κ3) is 3.37. The van der Waals surface area contributed by atoms with Gasteiger partial charge in [-0.1, -0.05) is 55.8 Å². The highest BCUT2D eigenvalue weighted by molar-refractivity contribution is 5.93. The lowest BCUT2D eigenvalue weighted by Gasteiger charge is -2.54. The van der Waals surface area contributed by atoms with Gasteiger partial charge < -0.3 is 19.7 Å². The van der Waals surface area contributed by atoms with E-state index < -0.39 is 0 Å². The van der Waals surface area contributed by atoms with Crippen molar-refractivity contribution >= 4 is 22.6 Å². The van der Waals surface area contributed by atoms with Gasteiger partial charge in [0.15, 0.2) is 0 Å². The Balaban J connectivity index is 1.22. The molecule has 0 amide bonds. The second-order valence-electron chi connectivity index (χ2n) is 15.1. The van der Waals surface area contributed by atoms with Crippen molar-refractivity contribution in [3.05, 3.63) is 93.9 Å². The molecule has 6 unspecified atom stereocenters. The molecule has 2 N–H and O–H groups in total. The second-order valence-corrected chi connectivity index (χ2v) is 15.1. The average Bonchev–Trinajstić information content (AvgIpc) is 3.77. The van der Waals surface area contributed by atoms with Gasteiger partial charge in [0, 0.05) is 83.2 Å². The zero-order valence-electron chi connectivity index (χ0n) is 27.7. The lowest BCUT2D eigenvalue weighted by molar-refractivity contribution is -0.136. The molecular weight excluding hydrogens is 584 g/mol. The number of benzene rings is 2. The Kier molecular flexibility index (Phi) is 5.79. The third-order valence-corrected chi connectivity index (χ3v) is 13.6. The fourth-order valence-electron chi connectivity index (χ4n) is 11.7. The number of hydrogen-bond donors (Lipinski definition) is 2. The van der Waals surface area contributed by atoms with Crippen LogP contribution in [0.1, 0.15) is 80.4 Å².